The zero-order valence-corrected chi connectivity index (χ0v) is 12.5. The van der Waals surface area contributed by atoms with Crippen molar-refractivity contribution in [1.29, 1.82) is 0 Å². The van der Waals surface area contributed by atoms with Gasteiger partial charge < -0.3 is 4.55 Å². The van der Waals surface area contributed by atoms with Gasteiger partial charge in [0.15, 0.2) is 11.1 Å². The fraction of sp³-hybridized carbons (Fsp3) is 0.333. The molecule has 0 spiro atoms. The van der Waals surface area contributed by atoms with Gasteiger partial charge in [0.05, 0.1) is 0 Å². The molecule has 1 rings (SSSR count). The highest BCUT2D eigenvalue weighted by atomic mass is 127. The highest BCUT2D eigenvalue weighted by Gasteiger charge is 1.99. The molecule has 0 amide bonds. The van der Waals surface area contributed by atoms with Crippen molar-refractivity contribution < 1.29 is 8.76 Å². The van der Waals surface area contributed by atoms with Crippen LogP contribution in [0, 0.1) is 7.14 Å². The van der Waals surface area contributed by atoms with E-state index in [4.69, 9.17) is 4.55 Å². The second kappa shape index (κ2) is 6.39. The molecule has 1 atom stereocenters. The Hall–Kier alpha value is 0.790. The fourth-order valence-electron chi connectivity index (χ4n) is 1.09. The van der Waals surface area contributed by atoms with E-state index in [1.54, 1.807) is 0 Å². The second-order valence-electron chi connectivity index (χ2n) is 2.88. The summed E-state index contributed by atoms with van der Waals surface area (Å²) in [5.74, 6) is 0.364. The van der Waals surface area contributed by atoms with Gasteiger partial charge in [-0.25, -0.2) is 4.21 Å². The average Bonchev–Trinajstić information content (AvgIpc) is 2.10. The molecule has 1 aromatic carbocycles. The van der Waals surface area contributed by atoms with E-state index in [9.17, 15) is 4.21 Å². The van der Waals surface area contributed by atoms with E-state index in [0.29, 0.717) is 5.75 Å². The molecule has 0 saturated heterocycles. The minimum absolute atomic E-state index is 0.364. The maximum atomic E-state index is 10.4. The molecule has 78 valence electrons. The van der Waals surface area contributed by atoms with Gasteiger partial charge in [-0.05, 0) is 75.7 Å². The van der Waals surface area contributed by atoms with Gasteiger partial charge in [0.1, 0.15) is 0 Å². The van der Waals surface area contributed by atoms with Crippen LogP contribution >= 0.6 is 45.2 Å². The van der Waals surface area contributed by atoms with Crippen molar-refractivity contribution in [1.82, 2.24) is 0 Å². The monoisotopic (exact) mass is 436 g/mol. The van der Waals surface area contributed by atoms with Gasteiger partial charge >= 0.3 is 0 Å². The van der Waals surface area contributed by atoms with Crippen molar-refractivity contribution in [3.8, 4) is 0 Å². The van der Waals surface area contributed by atoms with E-state index < -0.39 is 11.1 Å². The van der Waals surface area contributed by atoms with Crippen LogP contribution < -0.4 is 0 Å². The van der Waals surface area contributed by atoms with Gasteiger partial charge in [-0.2, -0.15) is 0 Å². The van der Waals surface area contributed by atoms with E-state index in [-0.39, 0.29) is 0 Å². The lowest BCUT2D eigenvalue weighted by Gasteiger charge is -2.02. The second-order valence-corrected chi connectivity index (χ2v) is 6.25. The molecule has 0 fully saturated rings. The lowest BCUT2D eigenvalue weighted by molar-refractivity contribution is 0.561. The summed E-state index contributed by atoms with van der Waals surface area (Å²) in [7, 11) is 0. The molecule has 0 aromatic heterocycles. The first-order valence-electron chi connectivity index (χ1n) is 4.11. The number of hydrogen-bond donors (Lipinski definition) is 1. The molecule has 0 aliphatic rings. The summed E-state index contributed by atoms with van der Waals surface area (Å²) in [5.41, 5.74) is 1.24. The van der Waals surface area contributed by atoms with Crippen LogP contribution in [0.4, 0.5) is 0 Å². The van der Waals surface area contributed by atoms with Crippen LogP contribution in [0.3, 0.4) is 0 Å². The van der Waals surface area contributed by atoms with E-state index in [0.717, 1.165) is 12.8 Å². The fourth-order valence-corrected chi connectivity index (χ4v) is 2.40. The molecule has 0 saturated carbocycles. The van der Waals surface area contributed by atoms with Gasteiger partial charge in [0, 0.05) is 12.9 Å². The van der Waals surface area contributed by atoms with Crippen molar-refractivity contribution in [2.45, 2.75) is 12.8 Å². The minimum atomic E-state index is -1.65. The first-order chi connectivity index (χ1) is 6.59. The molecule has 1 N–H and O–H groups in total. The molecule has 0 aliphatic carbocycles. The normalized spacial score (nSPS) is 12.8. The summed E-state index contributed by atoms with van der Waals surface area (Å²) in [5, 5.41) is 0. The van der Waals surface area contributed by atoms with Crippen molar-refractivity contribution >= 4 is 56.3 Å². The summed E-state index contributed by atoms with van der Waals surface area (Å²) in [6.45, 7) is 0. The van der Waals surface area contributed by atoms with Gasteiger partial charge in [-0.3, -0.25) is 0 Å². The number of halogens is 2. The maximum absolute atomic E-state index is 10.4. The molecule has 1 aromatic rings. The summed E-state index contributed by atoms with van der Waals surface area (Å²) in [6, 6.07) is 6.28. The Morgan fingerprint density at radius 1 is 1.29 bits per heavy atom. The SMILES string of the molecule is O=S(O)CCCc1ccc(I)c(I)c1. The lowest BCUT2D eigenvalue weighted by atomic mass is 10.1. The summed E-state index contributed by atoms with van der Waals surface area (Å²) < 4.78 is 21.5. The topological polar surface area (TPSA) is 37.3 Å². The zero-order valence-electron chi connectivity index (χ0n) is 7.37. The predicted octanol–water partition coefficient (Wildman–Crippen LogP) is 3.05. The molecule has 5 heteroatoms. The van der Waals surface area contributed by atoms with E-state index in [1.807, 2.05) is 0 Å². The number of aryl methyl sites for hydroxylation is 1. The molecule has 2 nitrogen and oxygen atoms in total. The highest BCUT2D eigenvalue weighted by Crippen LogP contribution is 2.17. The van der Waals surface area contributed by atoms with Crippen LogP contribution in [-0.2, 0) is 17.5 Å². The molecule has 1 unspecified atom stereocenters. The summed E-state index contributed by atoms with van der Waals surface area (Å²) >= 11 is 2.94. The molecular weight excluding hydrogens is 426 g/mol. The predicted molar refractivity (Wildman–Crippen MR) is 75.8 cm³/mol. The Bertz CT molecular complexity index is 342. The van der Waals surface area contributed by atoms with E-state index in [1.165, 1.54) is 12.7 Å². The Morgan fingerprint density at radius 2 is 2.00 bits per heavy atom. The Kier molecular flexibility index (Phi) is 5.87. The van der Waals surface area contributed by atoms with Crippen LogP contribution in [0.1, 0.15) is 12.0 Å². The van der Waals surface area contributed by atoms with Crippen LogP contribution in [0.15, 0.2) is 18.2 Å². The minimum Gasteiger partial charge on any atom is -0.306 e. The van der Waals surface area contributed by atoms with Crippen molar-refractivity contribution in [3.05, 3.63) is 30.9 Å². The summed E-state index contributed by atoms with van der Waals surface area (Å²) in [6.07, 6.45) is 1.64. The first kappa shape index (κ1) is 12.9. The molecule has 0 radical (unpaired) electrons. The van der Waals surface area contributed by atoms with Crippen LogP contribution in [0.5, 0.6) is 0 Å². The van der Waals surface area contributed by atoms with E-state index >= 15 is 0 Å². The maximum Gasteiger partial charge on any atom is 0.152 e. The number of benzene rings is 1. The van der Waals surface area contributed by atoms with Gasteiger partial charge in [0.2, 0.25) is 0 Å². The zero-order chi connectivity index (χ0) is 10.6. The molecule has 0 bridgehead atoms. The largest absolute Gasteiger partial charge is 0.306 e. The van der Waals surface area contributed by atoms with Crippen LogP contribution in [0.25, 0.3) is 0 Å². The molecule has 0 aliphatic heterocycles. The third kappa shape index (κ3) is 4.54. The van der Waals surface area contributed by atoms with Crippen LogP contribution in [-0.4, -0.2) is 14.5 Å². The number of hydrogen-bond acceptors (Lipinski definition) is 1. The third-order valence-corrected chi connectivity index (χ3v) is 5.27. The van der Waals surface area contributed by atoms with Gasteiger partial charge in [-0.1, -0.05) is 6.07 Å². The molecule has 14 heavy (non-hydrogen) atoms. The van der Waals surface area contributed by atoms with Crippen molar-refractivity contribution in [2.24, 2.45) is 0 Å². The lowest BCUT2D eigenvalue weighted by Crippen LogP contribution is -1.97. The van der Waals surface area contributed by atoms with Crippen LogP contribution in [0.2, 0.25) is 0 Å². The van der Waals surface area contributed by atoms with Gasteiger partial charge in [-0.15, -0.1) is 0 Å². The first-order valence-corrected chi connectivity index (χ1v) is 7.54. The Morgan fingerprint density at radius 3 is 2.57 bits per heavy atom. The number of rotatable bonds is 4. The smallest absolute Gasteiger partial charge is 0.152 e. The Labute approximate surface area is 113 Å². The Balaban J connectivity index is 2.51. The van der Waals surface area contributed by atoms with Gasteiger partial charge in [0.25, 0.3) is 0 Å². The van der Waals surface area contributed by atoms with E-state index in [2.05, 4.69) is 63.4 Å². The van der Waals surface area contributed by atoms with Crippen molar-refractivity contribution in [3.63, 3.8) is 0 Å². The highest BCUT2D eigenvalue weighted by molar-refractivity contribution is 14.1. The molecular formula is C9H10I2O2S. The quantitative estimate of drug-likeness (QED) is 0.583. The average molecular weight is 436 g/mol. The molecule has 0 heterocycles. The third-order valence-electron chi connectivity index (χ3n) is 1.77. The van der Waals surface area contributed by atoms with Crippen molar-refractivity contribution in [2.75, 3.05) is 5.75 Å². The summed E-state index contributed by atoms with van der Waals surface area (Å²) in [4.78, 5) is 0. The standard InChI is InChI=1S/C9H10I2O2S/c10-8-4-3-7(6-9(8)11)2-1-5-14(12)13/h3-4,6H,1-2,5H2,(H,12,13).